The predicted octanol–water partition coefficient (Wildman–Crippen LogP) is 2.60. The number of rotatable bonds is 5. The zero-order chi connectivity index (χ0) is 17.6. The monoisotopic (exact) mass is 348 g/mol. The number of nitrogens with zero attached hydrogens (tertiary/aromatic N) is 2. The molecule has 0 saturated carbocycles. The third kappa shape index (κ3) is 4.66. The Bertz CT molecular complexity index is 544. The lowest BCUT2D eigenvalue weighted by atomic mass is 9.99. The SMILES string of the molecule is CCOc1cccc(CN2CC[C@@H](N3CCCCCC3)[C@H](O)C2)c1O. The van der Waals surface area contributed by atoms with Crippen molar-refractivity contribution in [3.8, 4) is 11.5 Å². The van der Waals surface area contributed by atoms with Gasteiger partial charge in [-0.1, -0.05) is 25.0 Å². The number of aliphatic hydroxyl groups is 1. The highest BCUT2D eigenvalue weighted by Crippen LogP contribution is 2.31. The summed E-state index contributed by atoms with van der Waals surface area (Å²) in [7, 11) is 0. The normalized spacial score (nSPS) is 26.3. The topological polar surface area (TPSA) is 56.2 Å². The molecule has 3 rings (SSSR count). The van der Waals surface area contributed by atoms with E-state index < -0.39 is 0 Å². The summed E-state index contributed by atoms with van der Waals surface area (Å²) >= 11 is 0. The van der Waals surface area contributed by atoms with E-state index in [4.69, 9.17) is 4.74 Å². The third-order valence-electron chi connectivity index (χ3n) is 5.52. The van der Waals surface area contributed by atoms with Gasteiger partial charge in [-0.3, -0.25) is 9.80 Å². The summed E-state index contributed by atoms with van der Waals surface area (Å²) in [4.78, 5) is 4.74. The second kappa shape index (κ2) is 8.88. The molecule has 5 nitrogen and oxygen atoms in total. The van der Waals surface area contributed by atoms with Gasteiger partial charge in [0.1, 0.15) is 0 Å². The second-order valence-electron chi connectivity index (χ2n) is 7.31. The lowest BCUT2D eigenvalue weighted by Crippen LogP contribution is -2.54. The maximum Gasteiger partial charge on any atom is 0.162 e. The van der Waals surface area contributed by atoms with E-state index in [0.717, 1.165) is 31.6 Å². The van der Waals surface area contributed by atoms with Gasteiger partial charge in [0, 0.05) is 31.2 Å². The van der Waals surface area contributed by atoms with E-state index in [0.29, 0.717) is 25.4 Å². The van der Waals surface area contributed by atoms with Gasteiger partial charge in [0.25, 0.3) is 0 Å². The Hall–Kier alpha value is -1.30. The van der Waals surface area contributed by atoms with Crippen LogP contribution in [-0.2, 0) is 6.54 Å². The number of piperidine rings is 1. The first-order valence-electron chi connectivity index (χ1n) is 9.77. The molecule has 2 saturated heterocycles. The molecule has 2 heterocycles. The van der Waals surface area contributed by atoms with E-state index in [1.807, 2.05) is 19.1 Å². The van der Waals surface area contributed by atoms with Crippen LogP contribution in [0.15, 0.2) is 18.2 Å². The fraction of sp³-hybridized carbons (Fsp3) is 0.700. The van der Waals surface area contributed by atoms with Gasteiger partial charge in [-0.25, -0.2) is 0 Å². The van der Waals surface area contributed by atoms with Crippen LogP contribution in [0, 0.1) is 0 Å². The van der Waals surface area contributed by atoms with Crippen molar-refractivity contribution in [3.05, 3.63) is 23.8 Å². The van der Waals surface area contributed by atoms with Crippen molar-refractivity contribution in [2.75, 3.05) is 32.8 Å². The molecular formula is C20H32N2O3. The number of hydrogen-bond donors (Lipinski definition) is 2. The lowest BCUT2D eigenvalue weighted by molar-refractivity contribution is -0.0145. The average Bonchev–Trinajstić information content (AvgIpc) is 2.88. The van der Waals surface area contributed by atoms with Crippen LogP contribution >= 0.6 is 0 Å². The largest absolute Gasteiger partial charge is 0.504 e. The maximum absolute atomic E-state index is 10.7. The van der Waals surface area contributed by atoms with E-state index in [-0.39, 0.29) is 17.9 Å². The molecule has 140 valence electrons. The van der Waals surface area contributed by atoms with E-state index in [9.17, 15) is 10.2 Å². The summed E-state index contributed by atoms with van der Waals surface area (Å²) in [6.07, 6.45) is 5.83. The van der Waals surface area contributed by atoms with Crippen LogP contribution in [0.25, 0.3) is 0 Å². The molecular weight excluding hydrogens is 316 g/mol. The van der Waals surface area contributed by atoms with Crippen LogP contribution in [0.4, 0.5) is 0 Å². The van der Waals surface area contributed by atoms with Crippen LogP contribution < -0.4 is 4.74 Å². The second-order valence-corrected chi connectivity index (χ2v) is 7.31. The minimum absolute atomic E-state index is 0.230. The first-order valence-corrected chi connectivity index (χ1v) is 9.77. The van der Waals surface area contributed by atoms with E-state index in [2.05, 4.69) is 9.80 Å². The van der Waals surface area contributed by atoms with Gasteiger partial charge in [-0.05, 0) is 45.3 Å². The Morgan fingerprint density at radius 3 is 2.56 bits per heavy atom. The summed E-state index contributed by atoms with van der Waals surface area (Å²) in [6.45, 7) is 6.97. The van der Waals surface area contributed by atoms with Gasteiger partial charge in [-0.15, -0.1) is 0 Å². The maximum atomic E-state index is 10.7. The summed E-state index contributed by atoms with van der Waals surface area (Å²) in [6, 6.07) is 5.94. The summed E-state index contributed by atoms with van der Waals surface area (Å²) in [5.74, 6) is 0.772. The van der Waals surface area contributed by atoms with Crippen molar-refractivity contribution in [1.29, 1.82) is 0 Å². The van der Waals surface area contributed by atoms with Crippen molar-refractivity contribution >= 4 is 0 Å². The molecule has 5 heteroatoms. The van der Waals surface area contributed by atoms with E-state index in [1.54, 1.807) is 6.07 Å². The van der Waals surface area contributed by atoms with Crippen LogP contribution in [0.2, 0.25) is 0 Å². The van der Waals surface area contributed by atoms with Gasteiger partial charge >= 0.3 is 0 Å². The average molecular weight is 348 g/mol. The van der Waals surface area contributed by atoms with Crippen LogP contribution in [0.3, 0.4) is 0 Å². The third-order valence-corrected chi connectivity index (χ3v) is 5.52. The summed E-state index contributed by atoms with van der Waals surface area (Å²) in [5.41, 5.74) is 0.867. The molecule has 1 aromatic rings. The Kier molecular flexibility index (Phi) is 6.57. The number of β-amino-alcohol motifs (C(OH)–C–C–N with tert-alkyl or cyclic N) is 1. The summed E-state index contributed by atoms with van der Waals surface area (Å²) in [5, 5.41) is 21.1. The predicted molar refractivity (Wildman–Crippen MR) is 99.0 cm³/mol. The Balaban J connectivity index is 1.59. The zero-order valence-corrected chi connectivity index (χ0v) is 15.4. The van der Waals surface area contributed by atoms with Crippen molar-refractivity contribution in [1.82, 2.24) is 9.80 Å². The standard InChI is InChI=1S/C20H32N2O3/c1-2-25-19-9-7-8-16(20(19)24)14-21-13-10-17(18(23)15-21)22-11-5-3-4-6-12-22/h7-9,17-18,23-24H,2-6,10-15H2,1H3/t17-,18-/m1/s1. The number of phenols is 1. The Labute approximate surface area is 151 Å². The Morgan fingerprint density at radius 2 is 1.88 bits per heavy atom. The highest BCUT2D eigenvalue weighted by molar-refractivity contribution is 5.45. The molecule has 0 amide bonds. The van der Waals surface area contributed by atoms with Crippen molar-refractivity contribution < 1.29 is 14.9 Å². The molecule has 0 spiro atoms. The smallest absolute Gasteiger partial charge is 0.162 e. The van der Waals surface area contributed by atoms with Crippen LogP contribution in [0.5, 0.6) is 11.5 Å². The van der Waals surface area contributed by atoms with Gasteiger partial charge < -0.3 is 14.9 Å². The van der Waals surface area contributed by atoms with Crippen molar-refractivity contribution in [2.45, 2.75) is 57.7 Å². The fourth-order valence-corrected chi connectivity index (χ4v) is 4.19. The van der Waals surface area contributed by atoms with Crippen molar-refractivity contribution in [2.24, 2.45) is 0 Å². The number of aliphatic hydroxyl groups excluding tert-OH is 1. The fourth-order valence-electron chi connectivity index (χ4n) is 4.19. The molecule has 0 radical (unpaired) electrons. The highest BCUT2D eigenvalue weighted by Gasteiger charge is 2.32. The lowest BCUT2D eigenvalue weighted by Gasteiger charge is -2.41. The minimum atomic E-state index is -0.316. The summed E-state index contributed by atoms with van der Waals surface area (Å²) < 4.78 is 5.47. The van der Waals surface area contributed by atoms with Gasteiger partial charge in [0.15, 0.2) is 11.5 Å². The molecule has 1 aromatic carbocycles. The number of benzene rings is 1. The molecule has 0 aliphatic carbocycles. The van der Waals surface area contributed by atoms with Gasteiger partial charge in [-0.2, -0.15) is 0 Å². The molecule has 2 fully saturated rings. The van der Waals surface area contributed by atoms with Gasteiger partial charge in [0.05, 0.1) is 12.7 Å². The molecule has 2 aliphatic rings. The zero-order valence-electron chi connectivity index (χ0n) is 15.4. The molecule has 0 aromatic heterocycles. The number of likely N-dealkylation sites (tertiary alicyclic amines) is 2. The Morgan fingerprint density at radius 1 is 1.12 bits per heavy atom. The number of aromatic hydroxyl groups is 1. The highest BCUT2D eigenvalue weighted by atomic mass is 16.5. The van der Waals surface area contributed by atoms with Crippen LogP contribution in [0.1, 0.15) is 44.6 Å². The minimum Gasteiger partial charge on any atom is -0.504 e. The number of hydrogen-bond acceptors (Lipinski definition) is 5. The molecule has 0 bridgehead atoms. The molecule has 2 atom stereocenters. The first kappa shape index (κ1) is 18.5. The quantitative estimate of drug-likeness (QED) is 0.857. The number of para-hydroxylation sites is 1. The van der Waals surface area contributed by atoms with E-state index >= 15 is 0 Å². The molecule has 25 heavy (non-hydrogen) atoms. The molecule has 2 N–H and O–H groups in total. The molecule has 2 aliphatic heterocycles. The van der Waals surface area contributed by atoms with Crippen molar-refractivity contribution in [3.63, 3.8) is 0 Å². The van der Waals surface area contributed by atoms with Gasteiger partial charge in [0.2, 0.25) is 0 Å². The first-order chi connectivity index (χ1) is 12.2. The number of ether oxygens (including phenoxy) is 1. The van der Waals surface area contributed by atoms with E-state index in [1.165, 1.54) is 25.7 Å². The number of phenolic OH excluding ortho intramolecular Hbond substituents is 1. The molecule has 0 unspecified atom stereocenters. The van der Waals surface area contributed by atoms with Crippen LogP contribution in [-0.4, -0.2) is 64.9 Å².